The quantitative estimate of drug-likeness (QED) is 0.700. The number of benzene rings is 2. The first-order valence-electron chi connectivity index (χ1n) is 10.2. The maximum atomic E-state index is 12.6. The third kappa shape index (κ3) is 6.76. The summed E-state index contributed by atoms with van der Waals surface area (Å²) < 4.78 is 43.8. The number of nitrogens with one attached hydrogen (secondary N) is 1. The molecular weight excluding hydrogens is 393 g/mol. The van der Waals surface area contributed by atoms with Crippen LogP contribution in [0.5, 0.6) is 5.75 Å². The molecule has 0 aromatic heterocycles. The van der Waals surface area contributed by atoms with E-state index in [1.807, 2.05) is 35.2 Å². The third-order valence-corrected chi connectivity index (χ3v) is 5.32. The second-order valence-corrected chi connectivity index (χ2v) is 7.72. The Morgan fingerprint density at radius 3 is 2.50 bits per heavy atom. The summed E-state index contributed by atoms with van der Waals surface area (Å²) in [5, 5.41) is 2.89. The maximum Gasteiger partial charge on any atom is 0.390 e. The fraction of sp³-hybridized carbons (Fsp3) is 0.435. The van der Waals surface area contributed by atoms with Crippen molar-refractivity contribution in [2.24, 2.45) is 0 Å². The minimum absolute atomic E-state index is 0.0676. The normalized spacial score (nSPS) is 16.8. The number of amides is 1. The van der Waals surface area contributed by atoms with Gasteiger partial charge < -0.3 is 15.0 Å². The number of likely N-dealkylation sites (tertiary alicyclic amines) is 1. The van der Waals surface area contributed by atoms with Crippen molar-refractivity contribution in [2.45, 2.75) is 51.1 Å². The molecule has 4 nitrogen and oxygen atoms in total. The van der Waals surface area contributed by atoms with E-state index in [0.29, 0.717) is 43.8 Å². The third-order valence-electron chi connectivity index (χ3n) is 5.32. The Morgan fingerprint density at radius 1 is 1.13 bits per heavy atom. The van der Waals surface area contributed by atoms with Gasteiger partial charge >= 0.3 is 6.18 Å². The molecule has 2 aromatic rings. The van der Waals surface area contributed by atoms with Crippen molar-refractivity contribution in [3.05, 3.63) is 65.7 Å². The molecule has 1 atom stereocenters. The van der Waals surface area contributed by atoms with Crippen molar-refractivity contribution in [3.63, 3.8) is 0 Å². The Hall–Kier alpha value is -2.54. The van der Waals surface area contributed by atoms with Crippen molar-refractivity contribution < 1.29 is 22.7 Å². The number of rotatable bonds is 7. The van der Waals surface area contributed by atoms with Gasteiger partial charge in [-0.15, -0.1) is 0 Å². The van der Waals surface area contributed by atoms with Gasteiger partial charge in [-0.25, -0.2) is 0 Å². The average Bonchev–Trinajstić information content (AvgIpc) is 2.72. The van der Waals surface area contributed by atoms with E-state index in [4.69, 9.17) is 4.74 Å². The fourth-order valence-corrected chi connectivity index (χ4v) is 3.68. The highest BCUT2D eigenvalue weighted by Crippen LogP contribution is 2.27. The van der Waals surface area contributed by atoms with E-state index in [1.54, 1.807) is 31.2 Å². The van der Waals surface area contributed by atoms with Crippen LogP contribution in [-0.2, 0) is 6.54 Å². The summed E-state index contributed by atoms with van der Waals surface area (Å²) in [5.74, 6) is 0.421. The number of hydrogen-bond donors (Lipinski definition) is 1. The monoisotopic (exact) mass is 420 g/mol. The van der Waals surface area contributed by atoms with Gasteiger partial charge in [0, 0.05) is 31.2 Å². The molecule has 162 valence electrons. The van der Waals surface area contributed by atoms with E-state index >= 15 is 0 Å². The van der Waals surface area contributed by atoms with Gasteiger partial charge in [-0.3, -0.25) is 4.79 Å². The lowest BCUT2D eigenvalue weighted by molar-refractivity contribution is -0.147. The molecule has 0 spiro atoms. The molecule has 0 radical (unpaired) electrons. The molecule has 1 aliphatic heterocycles. The molecule has 1 heterocycles. The minimum atomic E-state index is -4.14. The van der Waals surface area contributed by atoms with E-state index in [2.05, 4.69) is 5.32 Å². The number of carbonyl (C=O) groups excluding carboxylic acids is 1. The van der Waals surface area contributed by atoms with Gasteiger partial charge in [0.1, 0.15) is 11.9 Å². The number of ether oxygens (including phenoxy) is 1. The fourth-order valence-electron chi connectivity index (χ4n) is 3.68. The molecule has 30 heavy (non-hydrogen) atoms. The highest BCUT2D eigenvalue weighted by atomic mass is 19.4. The zero-order chi connectivity index (χ0) is 21.6. The van der Waals surface area contributed by atoms with Crippen molar-refractivity contribution >= 4 is 5.91 Å². The lowest BCUT2D eigenvalue weighted by atomic mass is 10.0. The molecule has 2 aromatic carbocycles. The predicted octanol–water partition coefficient (Wildman–Crippen LogP) is 4.80. The molecule has 0 bridgehead atoms. The summed E-state index contributed by atoms with van der Waals surface area (Å²) in [6, 6.07) is 16.1. The standard InChI is InChI=1S/C23H27F3N2O2/c1-17(15-23(24,25)26)28-12-10-20(11-13-28)30-21-9-5-8-19(14-21)22(29)27-16-18-6-3-2-4-7-18/h2-9,14,17,20H,10-13,15-16H2,1H3,(H,27,29). The summed E-state index contributed by atoms with van der Waals surface area (Å²) in [5.41, 5.74) is 1.53. The first-order chi connectivity index (χ1) is 14.3. The molecule has 1 amide bonds. The SMILES string of the molecule is CC(CC(F)(F)F)N1CCC(Oc2cccc(C(=O)NCc3ccccc3)c2)CC1. The summed E-state index contributed by atoms with van der Waals surface area (Å²) in [6.45, 7) is 3.20. The van der Waals surface area contributed by atoms with Crippen LogP contribution in [-0.4, -0.2) is 42.2 Å². The van der Waals surface area contributed by atoms with Crippen LogP contribution in [0.25, 0.3) is 0 Å². The Balaban J connectivity index is 1.49. The number of piperidine rings is 1. The molecule has 1 N–H and O–H groups in total. The van der Waals surface area contributed by atoms with Crippen molar-refractivity contribution in [1.29, 1.82) is 0 Å². The molecule has 7 heteroatoms. The Labute approximate surface area is 175 Å². The van der Waals surface area contributed by atoms with Gasteiger partial charge in [-0.1, -0.05) is 36.4 Å². The topological polar surface area (TPSA) is 41.6 Å². The maximum absolute atomic E-state index is 12.6. The van der Waals surface area contributed by atoms with Crippen molar-refractivity contribution in [3.8, 4) is 5.75 Å². The van der Waals surface area contributed by atoms with Crippen LogP contribution in [0, 0.1) is 0 Å². The Kier molecular flexibility index (Phi) is 7.37. The van der Waals surface area contributed by atoms with Crippen LogP contribution in [0.4, 0.5) is 13.2 Å². The van der Waals surface area contributed by atoms with E-state index in [1.165, 1.54) is 0 Å². The second kappa shape index (κ2) is 9.98. The number of carbonyl (C=O) groups is 1. The first kappa shape index (κ1) is 22.2. The summed E-state index contributed by atoms with van der Waals surface area (Å²) in [7, 11) is 0. The highest BCUT2D eigenvalue weighted by Gasteiger charge is 2.34. The van der Waals surface area contributed by atoms with Gasteiger partial charge in [-0.2, -0.15) is 13.2 Å². The molecule has 0 saturated carbocycles. The van der Waals surface area contributed by atoms with E-state index in [-0.39, 0.29) is 12.0 Å². The van der Waals surface area contributed by atoms with Crippen LogP contribution in [0.2, 0.25) is 0 Å². The molecule has 1 fully saturated rings. The van der Waals surface area contributed by atoms with Gasteiger partial charge in [0.05, 0.1) is 6.42 Å². The average molecular weight is 420 g/mol. The Morgan fingerprint density at radius 2 is 1.83 bits per heavy atom. The van der Waals surface area contributed by atoms with Crippen molar-refractivity contribution in [1.82, 2.24) is 10.2 Å². The van der Waals surface area contributed by atoms with Crippen molar-refractivity contribution in [2.75, 3.05) is 13.1 Å². The molecule has 0 aliphatic carbocycles. The number of nitrogens with zero attached hydrogens (tertiary/aromatic N) is 1. The second-order valence-electron chi connectivity index (χ2n) is 7.72. The Bertz CT molecular complexity index is 819. The van der Waals surface area contributed by atoms with E-state index in [9.17, 15) is 18.0 Å². The molecule has 3 rings (SSSR count). The largest absolute Gasteiger partial charge is 0.490 e. The summed E-state index contributed by atoms with van der Waals surface area (Å²) >= 11 is 0. The predicted molar refractivity (Wildman–Crippen MR) is 109 cm³/mol. The molecule has 1 saturated heterocycles. The lowest BCUT2D eigenvalue weighted by Gasteiger charge is -2.36. The van der Waals surface area contributed by atoms with Crippen LogP contribution in [0.3, 0.4) is 0 Å². The van der Waals surface area contributed by atoms with Gasteiger partial charge in [0.15, 0.2) is 0 Å². The van der Waals surface area contributed by atoms with Gasteiger partial charge in [0.2, 0.25) is 0 Å². The summed E-state index contributed by atoms with van der Waals surface area (Å²) in [6.07, 6.45) is -3.69. The van der Waals surface area contributed by atoms with E-state index < -0.39 is 18.6 Å². The van der Waals surface area contributed by atoms with Gasteiger partial charge in [0.25, 0.3) is 5.91 Å². The van der Waals surface area contributed by atoms with Crippen LogP contribution >= 0.6 is 0 Å². The van der Waals surface area contributed by atoms with Crippen LogP contribution in [0.1, 0.15) is 42.1 Å². The molecule has 1 unspecified atom stereocenters. The first-order valence-corrected chi connectivity index (χ1v) is 10.2. The van der Waals surface area contributed by atoms with Crippen LogP contribution < -0.4 is 10.1 Å². The van der Waals surface area contributed by atoms with E-state index in [0.717, 1.165) is 5.56 Å². The zero-order valence-electron chi connectivity index (χ0n) is 17.0. The molecule has 1 aliphatic rings. The highest BCUT2D eigenvalue weighted by molar-refractivity contribution is 5.94. The minimum Gasteiger partial charge on any atom is -0.490 e. The molecular formula is C23H27F3N2O2. The smallest absolute Gasteiger partial charge is 0.390 e. The number of halogens is 3. The summed E-state index contributed by atoms with van der Waals surface area (Å²) in [4.78, 5) is 14.3. The van der Waals surface area contributed by atoms with Crippen LogP contribution in [0.15, 0.2) is 54.6 Å². The van der Waals surface area contributed by atoms with Gasteiger partial charge in [-0.05, 0) is 43.5 Å². The lowest BCUT2D eigenvalue weighted by Crippen LogP contribution is -2.44. The number of alkyl halides is 3. The zero-order valence-corrected chi connectivity index (χ0v) is 17.0. The number of hydrogen-bond acceptors (Lipinski definition) is 3.